The van der Waals surface area contributed by atoms with Crippen molar-refractivity contribution < 1.29 is 46.1 Å². The van der Waals surface area contributed by atoms with E-state index in [1.165, 1.54) is 56.4 Å². The number of alkyl halides is 6. The molecule has 1 spiro atoms. The third kappa shape index (κ3) is 9.93. The molecule has 2 N–H and O–H groups in total. The van der Waals surface area contributed by atoms with E-state index in [4.69, 9.17) is 19.8 Å². The molecule has 0 aliphatic carbocycles. The predicted octanol–water partition coefficient (Wildman–Crippen LogP) is 4.98. The number of hydrogen-bond donors (Lipinski definition) is 2. The average molecular weight is 550 g/mol. The fraction of sp³-hybridized carbons (Fsp3) is 0.480. The van der Waals surface area contributed by atoms with Gasteiger partial charge < -0.3 is 10.2 Å². The van der Waals surface area contributed by atoms with Crippen molar-refractivity contribution in [3.8, 4) is 0 Å². The lowest BCUT2D eigenvalue weighted by atomic mass is 9.86. The molecule has 0 bridgehead atoms. The molecule has 38 heavy (non-hydrogen) atoms. The quantitative estimate of drug-likeness (QED) is 0.520. The number of halogens is 6. The lowest BCUT2D eigenvalue weighted by Gasteiger charge is -2.46. The van der Waals surface area contributed by atoms with Crippen LogP contribution in [0, 0.1) is 0 Å². The molecule has 2 aliphatic rings. The maximum absolute atomic E-state index is 10.6. The Labute approximate surface area is 215 Å². The molecule has 13 heteroatoms. The second kappa shape index (κ2) is 13.6. The van der Waals surface area contributed by atoms with Crippen molar-refractivity contribution in [1.82, 2.24) is 14.8 Å². The first-order chi connectivity index (χ1) is 17.7. The van der Waals surface area contributed by atoms with Crippen molar-refractivity contribution in [2.45, 2.75) is 56.7 Å². The van der Waals surface area contributed by atoms with Crippen LogP contribution in [0.5, 0.6) is 0 Å². The van der Waals surface area contributed by atoms with Crippen LogP contribution >= 0.6 is 0 Å². The molecule has 2 saturated heterocycles. The molecule has 2 aliphatic heterocycles. The second-order valence-electron chi connectivity index (χ2n) is 9.02. The zero-order valence-electron chi connectivity index (χ0n) is 20.4. The van der Waals surface area contributed by atoms with Gasteiger partial charge in [0.05, 0.1) is 0 Å². The molecule has 1 aromatic heterocycles. The summed E-state index contributed by atoms with van der Waals surface area (Å²) in [6.07, 6.45) is -0.936. The van der Waals surface area contributed by atoms with Gasteiger partial charge in [-0.05, 0) is 56.0 Å². The number of aromatic nitrogens is 1. The highest BCUT2D eigenvalue weighted by molar-refractivity contribution is 5.73. The van der Waals surface area contributed by atoms with E-state index in [2.05, 4.69) is 57.2 Å². The first-order valence-corrected chi connectivity index (χ1v) is 11.7. The Bertz CT molecular complexity index is 997. The zero-order valence-corrected chi connectivity index (χ0v) is 20.4. The van der Waals surface area contributed by atoms with E-state index < -0.39 is 24.3 Å². The van der Waals surface area contributed by atoms with E-state index >= 15 is 0 Å². The largest absolute Gasteiger partial charge is 0.490 e. The lowest BCUT2D eigenvalue weighted by molar-refractivity contribution is -0.193. The smallest absolute Gasteiger partial charge is 0.475 e. The van der Waals surface area contributed by atoms with Crippen LogP contribution in [-0.2, 0) is 22.7 Å². The van der Waals surface area contributed by atoms with E-state index in [1.807, 2.05) is 12.4 Å². The third-order valence-electron chi connectivity index (χ3n) is 6.21. The van der Waals surface area contributed by atoms with E-state index in [0.29, 0.717) is 5.54 Å². The molecule has 1 aromatic carbocycles. The number of carbonyl (C=O) groups is 2. The molecule has 210 valence electrons. The van der Waals surface area contributed by atoms with Crippen molar-refractivity contribution in [2.24, 2.45) is 0 Å². The summed E-state index contributed by atoms with van der Waals surface area (Å²) in [5.41, 5.74) is 3.16. The summed E-state index contributed by atoms with van der Waals surface area (Å²) in [7, 11) is 0. The number of rotatable bonds is 4. The molecule has 2 aromatic rings. The topological polar surface area (TPSA) is 94.0 Å². The van der Waals surface area contributed by atoms with Crippen LogP contribution in [0.25, 0.3) is 0 Å². The fourth-order valence-corrected chi connectivity index (χ4v) is 4.60. The van der Waals surface area contributed by atoms with E-state index in [1.54, 1.807) is 0 Å². The molecule has 3 heterocycles. The first-order valence-electron chi connectivity index (χ1n) is 11.7. The molecule has 1 atom stereocenters. The number of piperidine rings is 1. The van der Waals surface area contributed by atoms with Crippen LogP contribution < -0.4 is 0 Å². The Kier molecular flexibility index (Phi) is 11.1. The Morgan fingerprint density at radius 2 is 1.34 bits per heavy atom. The van der Waals surface area contributed by atoms with Crippen LogP contribution in [0.1, 0.15) is 36.8 Å². The molecule has 0 radical (unpaired) electrons. The van der Waals surface area contributed by atoms with Gasteiger partial charge in [0.15, 0.2) is 0 Å². The first kappa shape index (κ1) is 31.0. The summed E-state index contributed by atoms with van der Waals surface area (Å²) in [5.74, 6) is -5.51. The maximum atomic E-state index is 10.6. The molecule has 2 fully saturated rings. The molecule has 0 saturated carbocycles. The predicted molar refractivity (Wildman–Crippen MR) is 125 cm³/mol. The fourth-order valence-electron chi connectivity index (χ4n) is 4.60. The Balaban J connectivity index is 0.000000301. The van der Waals surface area contributed by atoms with Crippen molar-refractivity contribution >= 4 is 11.9 Å². The Morgan fingerprint density at radius 3 is 1.84 bits per heavy atom. The maximum Gasteiger partial charge on any atom is 0.490 e. The van der Waals surface area contributed by atoms with Gasteiger partial charge in [-0.2, -0.15) is 26.3 Å². The van der Waals surface area contributed by atoms with E-state index in [0.717, 1.165) is 13.1 Å². The standard InChI is InChI=1S/C21H27N3.2C2HF3O2/c1-2-7-19(8-3-1)16-23-13-5-10-21(18-23)11-6-14-24(21)17-20-9-4-12-22-15-20;2*3-2(4,5)1(6)7/h1-4,7-9,12,15H,5-6,10-11,13-14,16-18H2;2*(H,6,7). The normalized spacial score (nSPS) is 20.2. The van der Waals surface area contributed by atoms with Gasteiger partial charge in [-0.25, -0.2) is 9.59 Å². The zero-order chi connectivity index (χ0) is 28.4. The lowest BCUT2D eigenvalue weighted by Crippen LogP contribution is -2.55. The Morgan fingerprint density at radius 1 is 0.816 bits per heavy atom. The van der Waals surface area contributed by atoms with Gasteiger partial charge in [0, 0.05) is 37.6 Å². The number of carboxylic acids is 2. The summed E-state index contributed by atoms with van der Waals surface area (Å²) >= 11 is 0. The molecule has 7 nitrogen and oxygen atoms in total. The molecule has 0 amide bonds. The van der Waals surface area contributed by atoms with Gasteiger partial charge in [0.25, 0.3) is 0 Å². The van der Waals surface area contributed by atoms with Crippen LogP contribution in [0.15, 0.2) is 54.9 Å². The van der Waals surface area contributed by atoms with Crippen LogP contribution in [0.2, 0.25) is 0 Å². The van der Waals surface area contributed by atoms with Crippen molar-refractivity contribution in [1.29, 1.82) is 0 Å². The molecule has 4 rings (SSSR count). The minimum absolute atomic E-state index is 0.378. The number of pyridine rings is 1. The monoisotopic (exact) mass is 549 g/mol. The van der Waals surface area contributed by atoms with Gasteiger partial charge in [-0.15, -0.1) is 0 Å². The summed E-state index contributed by atoms with van der Waals surface area (Å²) in [5, 5.41) is 14.2. The van der Waals surface area contributed by atoms with Crippen LogP contribution in [0.3, 0.4) is 0 Å². The summed E-state index contributed by atoms with van der Waals surface area (Å²) in [6.45, 7) is 5.81. The van der Waals surface area contributed by atoms with Crippen molar-refractivity contribution in [2.75, 3.05) is 19.6 Å². The van der Waals surface area contributed by atoms with Gasteiger partial charge >= 0.3 is 24.3 Å². The Hall–Kier alpha value is -3.19. The highest BCUT2D eigenvalue weighted by atomic mass is 19.4. The van der Waals surface area contributed by atoms with Crippen LogP contribution in [-0.4, -0.2) is 74.5 Å². The average Bonchev–Trinajstić information content (AvgIpc) is 3.20. The van der Waals surface area contributed by atoms with Crippen molar-refractivity contribution in [3.63, 3.8) is 0 Å². The van der Waals surface area contributed by atoms with Gasteiger partial charge in [0.1, 0.15) is 0 Å². The number of hydrogen-bond acceptors (Lipinski definition) is 5. The summed E-state index contributed by atoms with van der Waals surface area (Å²) in [4.78, 5) is 27.5. The number of nitrogens with zero attached hydrogens (tertiary/aromatic N) is 3. The highest BCUT2D eigenvalue weighted by Crippen LogP contribution is 2.38. The number of carboxylic acid groups (broad SMARTS) is 2. The highest BCUT2D eigenvalue weighted by Gasteiger charge is 2.43. The number of benzene rings is 1. The number of likely N-dealkylation sites (tertiary alicyclic amines) is 2. The SMILES string of the molecule is O=C(O)C(F)(F)F.O=C(O)C(F)(F)F.c1ccc(CN2CCCC3(CCCN3Cc3cccnc3)C2)cc1. The van der Waals surface area contributed by atoms with E-state index in [-0.39, 0.29) is 0 Å². The van der Waals surface area contributed by atoms with Gasteiger partial charge in [0.2, 0.25) is 0 Å². The van der Waals surface area contributed by atoms with Gasteiger partial charge in [-0.3, -0.25) is 14.8 Å². The summed E-state index contributed by atoms with van der Waals surface area (Å²) in [6, 6.07) is 15.2. The molecular weight excluding hydrogens is 520 g/mol. The minimum Gasteiger partial charge on any atom is -0.475 e. The van der Waals surface area contributed by atoms with Crippen LogP contribution in [0.4, 0.5) is 26.3 Å². The van der Waals surface area contributed by atoms with Gasteiger partial charge in [-0.1, -0.05) is 36.4 Å². The summed E-state index contributed by atoms with van der Waals surface area (Å²) < 4.78 is 63.5. The van der Waals surface area contributed by atoms with Crippen molar-refractivity contribution in [3.05, 3.63) is 66.0 Å². The molecular formula is C25H29F6N3O4. The second-order valence-corrected chi connectivity index (χ2v) is 9.02. The van der Waals surface area contributed by atoms with E-state index in [9.17, 15) is 26.3 Å². The number of aliphatic carboxylic acids is 2. The molecule has 1 unspecified atom stereocenters. The minimum atomic E-state index is -5.08. The third-order valence-corrected chi connectivity index (χ3v) is 6.21.